The summed E-state index contributed by atoms with van der Waals surface area (Å²) in [5.41, 5.74) is 0. The largest absolute Gasteiger partial charge is 0.457 e. The number of ether oxygens (including phenoxy) is 4. The molecule has 1 heterocycles. The molecule has 9 nitrogen and oxygen atoms in total. The molecule has 0 saturated carbocycles. The Balaban J connectivity index is 2.18. The van der Waals surface area contributed by atoms with E-state index in [2.05, 4.69) is 38.2 Å². The van der Waals surface area contributed by atoms with Crippen LogP contribution in [0.5, 0.6) is 0 Å². The molecule has 0 aromatic carbocycles. The summed E-state index contributed by atoms with van der Waals surface area (Å²) in [6.07, 6.45) is 26.8. The highest BCUT2D eigenvalue weighted by Crippen LogP contribution is 2.22. The van der Waals surface area contributed by atoms with E-state index in [0.29, 0.717) is 13.0 Å². The standard InChI is InChI=1S/C39H72O9/c1-3-5-7-9-10-11-12-13-14-15-16-17-18-19-20-21-22-23-25-27-29-45-31-33(47-35(41)28-26-24-8-6-4-2)32-46-39-38(44)37(43)36(42)34(30-40)48-39/h10-11,13-14,33-34,36-40,42-44H,3-9,12,15-32H2,1-2H3/b11-10-,14-13-. The first-order valence-electron chi connectivity index (χ1n) is 19.4. The van der Waals surface area contributed by atoms with Gasteiger partial charge in [-0.15, -0.1) is 0 Å². The molecule has 0 bridgehead atoms. The van der Waals surface area contributed by atoms with Gasteiger partial charge in [0.15, 0.2) is 6.29 Å². The van der Waals surface area contributed by atoms with E-state index in [4.69, 9.17) is 18.9 Å². The third kappa shape index (κ3) is 23.1. The molecule has 1 aliphatic rings. The molecule has 48 heavy (non-hydrogen) atoms. The molecule has 6 unspecified atom stereocenters. The smallest absolute Gasteiger partial charge is 0.306 e. The number of hydrogen-bond acceptors (Lipinski definition) is 9. The maximum atomic E-state index is 12.5. The number of aliphatic hydroxyl groups excluding tert-OH is 4. The second-order valence-electron chi connectivity index (χ2n) is 13.4. The zero-order valence-electron chi connectivity index (χ0n) is 30.5. The average Bonchev–Trinajstić information content (AvgIpc) is 3.08. The van der Waals surface area contributed by atoms with Gasteiger partial charge in [0, 0.05) is 13.0 Å². The van der Waals surface area contributed by atoms with E-state index < -0.39 is 43.4 Å². The van der Waals surface area contributed by atoms with E-state index in [1.54, 1.807) is 0 Å². The summed E-state index contributed by atoms with van der Waals surface area (Å²) >= 11 is 0. The van der Waals surface area contributed by atoms with Gasteiger partial charge in [-0.3, -0.25) is 4.79 Å². The lowest BCUT2D eigenvalue weighted by molar-refractivity contribution is -0.305. The van der Waals surface area contributed by atoms with Crippen molar-refractivity contribution in [3.63, 3.8) is 0 Å². The monoisotopic (exact) mass is 685 g/mol. The van der Waals surface area contributed by atoms with E-state index in [-0.39, 0.29) is 19.2 Å². The summed E-state index contributed by atoms with van der Waals surface area (Å²) < 4.78 is 22.6. The van der Waals surface area contributed by atoms with Gasteiger partial charge in [0.1, 0.15) is 30.5 Å². The van der Waals surface area contributed by atoms with Crippen molar-refractivity contribution in [2.45, 2.75) is 192 Å². The number of allylic oxidation sites excluding steroid dienone is 4. The van der Waals surface area contributed by atoms with Gasteiger partial charge in [0.25, 0.3) is 0 Å². The van der Waals surface area contributed by atoms with Crippen molar-refractivity contribution in [1.29, 1.82) is 0 Å². The highest BCUT2D eigenvalue weighted by Gasteiger charge is 2.44. The number of aliphatic hydroxyl groups is 4. The van der Waals surface area contributed by atoms with Crippen LogP contribution in [0.2, 0.25) is 0 Å². The van der Waals surface area contributed by atoms with Crippen LogP contribution in [0.3, 0.4) is 0 Å². The number of carbonyl (C=O) groups excluding carboxylic acids is 1. The van der Waals surface area contributed by atoms with Crippen LogP contribution in [-0.4, -0.2) is 89.6 Å². The Morgan fingerprint density at radius 3 is 1.83 bits per heavy atom. The van der Waals surface area contributed by atoms with Gasteiger partial charge in [-0.25, -0.2) is 0 Å². The first-order valence-corrected chi connectivity index (χ1v) is 19.4. The highest BCUT2D eigenvalue weighted by atomic mass is 16.7. The topological polar surface area (TPSA) is 135 Å². The number of hydrogen-bond donors (Lipinski definition) is 4. The number of unbranched alkanes of at least 4 members (excludes halogenated alkanes) is 17. The van der Waals surface area contributed by atoms with Crippen LogP contribution in [0.25, 0.3) is 0 Å². The molecule has 4 N–H and O–H groups in total. The van der Waals surface area contributed by atoms with Crippen LogP contribution >= 0.6 is 0 Å². The third-order valence-corrected chi connectivity index (χ3v) is 8.87. The SMILES string of the molecule is CCCCC/C=C\C/C=C\CCCCCCCCCCCCOCC(COC1OC(CO)C(O)C(O)C1O)OC(=O)CCCCCCC. The third-order valence-electron chi connectivity index (χ3n) is 8.87. The summed E-state index contributed by atoms with van der Waals surface area (Å²) in [6, 6.07) is 0. The summed E-state index contributed by atoms with van der Waals surface area (Å²) in [7, 11) is 0. The summed E-state index contributed by atoms with van der Waals surface area (Å²) in [6.45, 7) is 4.43. The highest BCUT2D eigenvalue weighted by molar-refractivity contribution is 5.69. The number of carbonyl (C=O) groups is 1. The first-order chi connectivity index (χ1) is 23.4. The molecule has 0 aliphatic carbocycles. The zero-order valence-corrected chi connectivity index (χ0v) is 30.5. The van der Waals surface area contributed by atoms with Crippen molar-refractivity contribution < 1.29 is 44.2 Å². The van der Waals surface area contributed by atoms with Gasteiger partial charge in [-0.05, 0) is 44.9 Å². The Bertz CT molecular complexity index is 787. The predicted molar refractivity (Wildman–Crippen MR) is 192 cm³/mol. The van der Waals surface area contributed by atoms with Crippen molar-refractivity contribution in [3.05, 3.63) is 24.3 Å². The minimum Gasteiger partial charge on any atom is -0.457 e. The average molecular weight is 685 g/mol. The van der Waals surface area contributed by atoms with E-state index in [1.165, 1.54) is 83.5 Å². The Morgan fingerprint density at radius 2 is 1.21 bits per heavy atom. The predicted octanol–water partition coefficient (Wildman–Crippen LogP) is 7.47. The van der Waals surface area contributed by atoms with Crippen LogP contribution in [-0.2, 0) is 23.7 Å². The molecule has 0 spiro atoms. The van der Waals surface area contributed by atoms with Crippen LogP contribution in [0.15, 0.2) is 24.3 Å². The molecule has 0 radical (unpaired) electrons. The number of esters is 1. The molecule has 1 rings (SSSR count). The Kier molecular flexibility index (Phi) is 29.5. The lowest BCUT2D eigenvalue weighted by Gasteiger charge is -2.39. The van der Waals surface area contributed by atoms with Crippen LogP contribution in [0.4, 0.5) is 0 Å². The molecule has 282 valence electrons. The fraction of sp³-hybridized carbons (Fsp3) is 0.872. The maximum absolute atomic E-state index is 12.5. The number of rotatable bonds is 32. The summed E-state index contributed by atoms with van der Waals surface area (Å²) in [5, 5.41) is 39.8. The van der Waals surface area contributed by atoms with Crippen LogP contribution in [0.1, 0.15) is 155 Å². The maximum Gasteiger partial charge on any atom is 0.306 e. The first kappa shape index (κ1) is 44.7. The Labute approximate surface area is 292 Å². The molecule has 0 aromatic rings. The summed E-state index contributed by atoms with van der Waals surface area (Å²) in [5.74, 6) is -0.328. The summed E-state index contributed by atoms with van der Waals surface area (Å²) in [4.78, 5) is 12.5. The second-order valence-corrected chi connectivity index (χ2v) is 13.4. The van der Waals surface area contributed by atoms with Gasteiger partial charge in [-0.1, -0.05) is 128 Å². The molecule has 1 fully saturated rings. The fourth-order valence-electron chi connectivity index (χ4n) is 5.76. The Hall–Kier alpha value is -1.33. The fourth-order valence-corrected chi connectivity index (χ4v) is 5.76. The van der Waals surface area contributed by atoms with Crippen LogP contribution in [0, 0.1) is 0 Å². The Morgan fingerprint density at radius 1 is 0.667 bits per heavy atom. The molecule has 1 aliphatic heterocycles. The van der Waals surface area contributed by atoms with E-state index in [1.807, 2.05) is 0 Å². The minimum atomic E-state index is -1.53. The lowest BCUT2D eigenvalue weighted by Crippen LogP contribution is -2.59. The van der Waals surface area contributed by atoms with E-state index >= 15 is 0 Å². The lowest BCUT2D eigenvalue weighted by atomic mass is 9.99. The molecular weight excluding hydrogens is 612 g/mol. The van der Waals surface area contributed by atoms with Gasteiger partial charge >= 0.3 is 5.97 Å². The van der Waals surface area contributed by atoms with Crippen molar-refractivity contribution in [3.8, 4) is 0 Å². The van der Waals surface area contributed by atoms with Gasteiger partial charge < -0.3 is 39.4 Å². The van der Waals surface area contributed by atoms with Crippen LogP contribution < -0.4 is 0 Å². The molecule has 1 saturated heterocycles. The van der Waals surface area contributed by atoms with Crippen molar-refractivity contribution in [2.24, 2.45) is 0 Å². The van der Waals surface area contributed by atoms with Gasteiger partial charge in [0.05, 0.1) is 19.8 Å². The minimum absolute atomic E-state index is 0.113. The van der Waals surface area contributed by atoms with E-state index in [9.17, 15) is 25.2 Å². The van der Waals surface area contributed by atoms with Crippen molar-refractivity contribution in [1.82, 2.24) is 0 Å². The molecule has 0 aromatic heterocycles. The van der Waals surface area contributed by atoms with Crippen molar-refractivity contribution in [2.75, 3.05) is 26.4 Å². The quantitative estimate of drug-likeness (QED) is 0.0323. The zero-order chi connectivity index (χ0) is 35.1. The van der Waals surface area contributed by atoms with Crippen molar-refractivity contribution >= 4 is 5.97 Å². The molecule has 6 atom stereocenters. The molecule has 0 amide bonds. The molecular formula is C39H72O9. The normalized spacial score (nSPS) is 22.2. The van der Waals surface area contributed by atoms with Gasteiger partial charge in [-0.2, -0.15) is 0 Å². The van der Waals surface area contributed by atoms with Gasteiger partial charge in [0.2, 0.25) is 0 Å². The molecule has 9 heteroatoms. The second kappa shape index (κ2) is 31.6. The van der Waals surface area contributed by atoms with E-state index in [0.717, 1.165) is 51.4 Å².